The predicted octanol–water partition coefficient (Wildman–Crippen LogP) is 0.348. The number of hydrogen-bond donors (Lipinski definition) is 3. The van der Waals surface area contributed by atoms with Gasteiger partial charge in [-0.05, 0) is 24.3 Å². The molecule has 0 bridgehead atoms. The molecule has 0 fully saturated rings. The van der Waals surface area contributed by atoms with Gasteiger partial charge in [0.05, 0.1) is 18.0 Å². The number of fused-ring (bicyclic) bond motifs is 2. The maximum Gasteiger partial charge on any atom is 0.279 e. The van der Waals surface area contributed by atoms with Gasteiger partial charge in [-0.2, -0.15) is 0 Å². The molecular formula is C20H21N4O4+. The van der Waals surface area contributed by atoms with Crippen molar-refractivity contribution in [2.45, 2.75) is 6.54 Å². The van der Waals surface area contributed by atoms with Crippen molar-refractivity contribution in [3.8, 4) is 11.5 Å². The first-order chi connectivity index (χ1) is 13.6. The molecule has 3 N–H and O–H groups in total. The highest BCUT2D eigenvalue weighted by molar-refractivity contribution is 5.91. The van der Waals surface area contributed by atoms with E-state index in [9.17, 15) is 9.59 Å². The van der Waals surface area contributed by atoms with E-state index in [0.717, 1.165) is 4.90 Å². The number of hydrogen-bond acceptors (Lipinski definition) is 5. The van der Waals surface area contributed by atoms with Crippen LogP contribution in [0.3, 0.4) is 0 Å². The van der Waals surface area contributed by atoms with Crippen molar-refractivity contribution in [1.29, 1.82) is 0 Å². The van der Waals surface area contributed by atoms with E-state index in [2.05, 4.69) is 15.3 Å². The summed E-state index contributed by atoms with van der Waals surface area (Å²) < 4.78 is 11.0. The number of aromatic nitrogens is 2. The topological polar surface area (TPSA) is 97.8 Å². The third-order valence-corrected chi connectivity index (χ3v) is 4.42. The molecule has 0 saturated heterocycles. The Morgan fingerprint density at radius 2 is 1.96 bits per heavy atom. The third-order valence-electron chi connectivity index (χ3n) is 4.42. The molecule has 1 amide bonds. The number of carbonyl (C=O) groups excluding carboxylic acids is 1. The fourth-order valence-electron chi connectivity index (χ4n) is 3.17. The van der Waals surface area contributed by atoms with Gasteiger partial charge in [0.25, 0.3) is 11.5 Å². The SMILES string of the molecule is C[NH+](CC(=O)Nc1ccc2c(c1)OCCO2)Cc1nc2ccccc2c(=O)[nH]1. The number of nitrogens with zero attached hydrogens (tertiary/aromatic N) is 1. The maximum atomic E-state index is 12.4. The number of likely N-dealkylation sites (N-methyl/N-ethyl adjacent to an activating group) is 1. The highest BCUT2D eigenvalue weighted by atomic mass is 16.6. The quantitative estimate of drug-likeness (QED) is 0.592. The van der Waals surface area contributed by atoms with Crippen LogP contribution in [0.25, 0.3) is 10.9 Å². The monoisotopic (exact) mass is 381 g/mol. The van der Waals surface area contributed by atoms with E-state index in [1.807, 2.05) is 13.1 Å². The van der Waals surface area contributed by atoms with Gasteiger partial charge in [-0.3, -0.25) is 9.59 Å². The van der Waals surface area contributed by atoms with Crippen LogP contribution in [-0.4, -0.2) is 42.7 Å². The first-order valence-electron chi connectivity index (χ1n) is 9.07. The Hall–Kier alpha value is -3.39. The van der Waals surface area contributed by atoms with Gasteiger partial charge in [0.1, 0.15) is 19.8 Å². The molecule has 0 saturated carbocycles. The number of rotatable bonds is 5. The average Bonchev–Trinajstić information content (AvgIpc) is 2.67. The van der Waals surface area contributed by atoms with E-state index in [1.54, 1.807) is 36.4 Å². The molecule has 144 valence electrons. The zero-order valence-corrected chi connectivity index (χ0v) is 15.5. The molecule has 1 unspecified atom stereocenters. The number of benzene rings is 2. The van der Waals surface area contributed by atoms with Crippen molar-refractivity contribution in [3.05, 3.63) is 58.6 Å². The van der Waals surface area contributed by atoms with Gasteiger partial charge in [-0.25, -0.2) is 4.98 Å². The fraction of sp³-hybridized carbons (Fsp3) is 0.250. The minimum absolute atomic E-state index is 0.141. The van der Waals surface area contributed by atoms with Gasteiger partial charge in [0.15, 0.2) is 23.9 Å². The second kappa shape index (κ2) is 7.69. The smallest absolute Gasteiger partial charge is 0.279 e. The molecule has 0 spiro atoms. The van der Waals surface area contributed by atoms with Crippen molar-refractivity contribution in [2.75, 3.05) is 32.1 Å². The lowest BCUT2D eigenvalue weighted by Gasteiger charge is -2.19. The van der Waals surface area contributed by atoms with Crippen molar-refractivity contribution >= 4 is 22.5 Å². The Morgan fingerprint density at radius 1 is 1.18 bits per heavy atom. The van der Waals surface area contributed by atoms with Crippen molar-refractivity contribution < 1.29 is 19.2 Å². The maximum absolute atomic E-state index is 12.4. The molecule has 2 aromatic carbocycles. The van der Waals surface area contributed by atoms with Crippen LogP contribution in [0.4, 0.5) is 5.69 Å². The summed E-state index contributed by atoms with van der Waals surface area (Å²) in [5, 5.41) is 3.42. The van der Waals surface area contributed by atoms with Crippen LogP contribution in [-0.2, 0) is 11.3 Å². The molecule has 8 heteroatoms. The Morgan fingerprint density at radius 3 is 2.82 bits per heavy atom. The van der Waals surface area contributed by atoms with Crippen LogP contribution in [0.1, 0.15) is 5.82 Å². The number of amides is 1. The van der Waals surface area contributed by atoms with Crippen LogP contribution in [0.2, 0.25) is 0 Å². The van der Waals surface area contributed by atoms with Crippen molar-refractivity contribution in [2.24, 2.45) is 0 Å². The van der Waals surface area contributed by atoms with Crippen LogP contribution in [0, 0.1) is 0 Å². The van der Waals surface area contributed by atoms with E-state index < -0.39 is 0 Å². The lowest BCUT2D eigenvalue weighted by atomic mass is 10.2. The van der Waals surface area contributed by atoms with E-state index in [1.165, 1.54) is 0 Å². The van der Waals surface area contributed by atoms with Crippen LogP contribution < -0.4 is 25.2 Å². The third kappa shape index (κ3) is 3.96. The molecular weight excluding hydrogens is 360 g/mol. The number of carbonyl (C=O) groups is 1. The molecule has 3 aromatic rings. The minimum atomic E-state index is -0.172. The zero-order valence-electron chi connectivity index (χ0n) is 15.5. The zero-order chi connectivity index (χ0) is 19.5. The Labute approximate surface area is 161 Å². The highest BCUT2D eigenvalue weighted by Gasteiger charge is 2.16. The minimum Gasteiger partial charge on any atom is -0.486 e. The molecule has 1 aromatic heterocycles. The summed E-state index contributed by atoms with van der Waals surface area (Å²) in [6.07, 6.45) is 0. The van der Waals surface area contributed by atoms with Crippen molar-refractivity contribution in [1.82, 2.24) is 9.97 Å². The van der Waals surface area contributed by atoms with Crippen LogP contribution >= 0.6 is 0 Å². The van der Waals surface area contributed by atoms with E-state index in [0.29, 0.717) is 53.7 Å². The van der Waals surface area contributed by atoms with Gasteiger partial charge in [-0.1, -0.05) is 12.1 Å². The molecule has 4 rings (SSSR count). The second-order valence-corrected chi connectivity index (χ2v) is 6.75. The van der Waals surface area contributed by atoms with Gasteiger partial charge in [0, 0.05) is 11.8 Å². The summed E-state index contributed by atoms with van der Waals surface area (Å²) in [5.41, 5.74) is 1.13. The number of nitrogens with one attached hydrogen (secondary N) is 3. The summed E-state index contributed by atoms with van der Waals surface area (Å²) in [5.74, 6) is 1.71. The molecule has 8 nitrogen and oxygen atoms in total. The van der Waals surface area contributed by atoms with E-state index in [-0.39, 0.29) is 18.0 Å². The normalized spacial score (nSPS) is 13.9. The number of H-pyrrole nitrogens is 1. The first kappa shape index (κ1) is 18.0. The summed E-state index contributed by atoms with van der Waals surface area (Å²) >= 11 is 0. The number of ether oxygens (including phenoxy) is 2. The molecule has 1 aliphatic heterocycles. The molecule has 1 aliphatic rings. The van der Waals surface area contributed by atoms with E-state index >= 15 is 0 Å². The molecule has 28 heavy (non-hydrogen) atoms. The van der Waals surface area contributed by atoms with Gasteiger partial charge < -0.3 is 24.7 Å². The largest absolute Gasteiger partial charge is 0.486 e. The van der Waals surface area contributed by atoms with E-state index in [4.69, 9.17) is 9.47 Å². The number of anilines is 1. The molecule has 0 radical (unpaired) electrons. The van der Waals surface area contributed by atoms with Crippen molar-refractivity contribution in [3.63, 3.8) is 0 Å². The standard InChI is InChI=1S/C20H20N4O4/c1-24(11-18-22-15-5-3-2-4-14(15)20(26)23-18)12-19(25)21-13-6-7-16-17(10-13)28-9-8-27-16/h2-7,10H,8-9,11-12H2,1H3,(H,21,25)(H,22,23,26)/p+1. The number of quaternary nitrogens is 1. The summed E-state index contributed by atoms with van der Waals surface area (Å²) in [7, 11) is 1.87. The first-order valence-corrected chi connectivity index (χ1v) is 9.07. The van der Waals surface area contributed by atoms with Gasteiger partial charge in [0.2, 0.25) is 0 Å². The number of aromatic amines is 1. The molecule has 1 atom stereocenters. The molecule has 0 aliphatic carbocycles. The molecule has 2 heterocycles. The summed E-state index contributed by atoms with van der Waals surface area (Å²) in [4.78, 5) is 32.7. The lowest BCUT2D eigenvalue weighted by Crippen LogP contribution is -3.08. The Kier molecular flexibility index (Phi) is 4.94. The second-order valence-electron chi connectivity index (χ2n) is 6.75. The average molecular weight is 381 g/mol. The van der Waals surface area contributed by atoms with Gasteiger partial charge >= 0.3 is 0 Å². The fourth-order valence-corrected chi connectivity index (χ4v) is 3.17. The number of para-hydroxylation sites is 1. The van der Waals surface area contributed by atoms with Crippen LogP contribution in [0.15, 0.2) is 47.3 Å². The van der Waals surface area contributed by atoms with Gasteiger partial charge in [-0.15, -0.1) is 0 Å². The predicted molar refractivity (Wildman–Crippen MR) is 104 cm³/mol. The summed E-state index contributed by atoms with van der Waals surface area (Å²) in [6, 6.07) is 12.5. The summed E-state index contributed by atoms with van der Waals surface area (Å²) in [6.45, 7) is 1.67. The highest BCUT2D eigenvalue weighted by Crippen LogP contribution is 2.32. The lowest BCUT2D eigenvalue weighted by molar-refractivity contribution is -0.885. The Balaban J connectivity index is 1.39. The van der Waals surface area contributed by atoms with Crippen LogP contribution in [0.5, 0.6) is 11.5 Å². The Bertz CT molecular complexity index is 1080.